The minimum absolute atomic E-state index is 0.0467. The highest BCUT2D eigenvalue weighted by molar-refractivity contribution is 6.31. The summed E-state index contributed by atoms with van der Waals surface area (Å²) in [5.41, 5.74) is 0.925. The molecule has 2 rings (SSSR count). The van der Waals surface area contributed by atoms with Crippen LogP contribution in [0.3, 0.4) is 0 Å². The maximum Gasteiger partial charge on any atom is 0.167 e. The number of aromatic nitrogens is 3. The van der Waals surface area contributed by atoms with Gasteiger partial charge in [0.2, 0.25) is 0 Å². The van der Waals surface area contributed by atoms with E-state index in [4.69, 9.17) is 11.6 Å². The van der Waals surface area contributed by atoms with E-state index in [2.05, 4.69) is 22.3 Å². The van der Waals surface area contributed by atoms with Gasteiger partial charge in [-0.25, -0.2) is 9.37 Å². The van der Waals surface area contributed by atoms with Crippen molar-refractivity contribution in [3.05, 3.63) is 46.8 Å². The molecule has 0 saturated carbocycles. The second kappa shape index (κ2) is 6.33. The molecular weight excluding hydrogens is 279 g/mol. The van der Waals surface area contributed by atoms with Gasteiger partial charge in [0.25, 0.3) is 0 Å². The molecule has 0 spiro atoms. The number of aryl methyl sites for hydroxylation is 1. The van der Waals surface area contributed by atoms with Crippen molar-refractivity contribution < 1.29 is 4.39 Å². The van der Waals surface area contributed by atoms with Gasteiger partial charge in [-0.05, 0) is 38.0 Å². The molecule has 0 aliphatic heterocycles. The van der Waals surface area contributed by atoms with Gasteiger partial charge in [0.15, 0.2) is 5.82 Å². The molecule has 0 bridgehead atoms. The molecule has 1 heterocycles. The largest absolute Gasteiger partial charge is 0.305 e. The summed E-state index contributed by atoms with van der Waals surface area (Å²) in [5, 5.41) is 8.14. The lowest BCUT2D eigenvalue weighted by molar-refractivity contribution is 0.460. The molecule has 108 valence electrons. The summed E-state index contributed by atoms with van der Waals surface area (Å²) in [7, 11) is 1.84. The fraction of sp³-hybridized carbons (Fsp3) is 0.429. The highest BCUT2D eigenvalue weighted by atomic mass is 35.5. The lowest BCUT2D eigenvalue weighted by Gasteiger charge is -2.18. The maximum atomic E-state index is 13.0. The molecule has 20 heavy (non-hydrogen) atoms. The first-order valence-corrected chi connectivity index (χ1v) is 6.89. The number of nitrogens with one attached hydrogen (secondary N) is 1. The zero-order valence-electron chi connectivity index (χ0n) is 11.8. The minimum atomic E-state index is -0.314. The average molecular weight is 297 g/mol. The predicted octanol–water partition coefficient (Wildman–Crippen LogP) is 2.89. The summed E-state index contributed by atoms with van der Waals surface area (Å²) >= 11 is 6.03. The van der Waals surface area contributed by atoms with Crippen molar-refractivity contribution in [3.63, 3.8) is 0 Å². The number of rotatable bonds is 5. The fourth-order valence-electron chi connectivity index (χ4n) is 2.13. The van der Waals surface area contributed by atoms with E-state index in [0.29, 0.717) is 5.02 Å². The molecule has 1 aromatic carbocycles. The Morgan fingerprint density at radius 1 is 1.40 bits per heavy atom. The zero-order chi connectivity index (χ0) is 14.7. The van der Waals surface area contributed by atoms with Gasteiger partial charge in [-0.3, -0.25) is 4.68 Å². The van der Waals surface area contributed by atoms with Crippen LogP contribution in [-0.4, -0.2) is 20.8 Å². The number of hydrogen-bond donors (Lipinski definition) is 1. The minimum Gasteiger partial charge on any atom is -0.305 e. The fourth-order valence-corrected chi connectivity index (χ4v) is 2.38. The number of hydrogen-bond acceptors (Lipinski definition) is 3. The molecule has 0 amide bonds. The third-order valence-electron chi connectivity index (χ3n) is 3.08. The van der Waals surface area contributed by atoms with Crippen LogP contribution in [0.5, 0.6) is 0 Å². The van der Waals surface area contributed by atoms with Crippen LogP contribution in [-0.2, 0) is 13.5 Å². The number of benzene rings is 1. The topological polar surface area (TPSA) is 42.7 Å². The van der Waals surface area contributed by atoms with Crippen LogP contribution < -0.4 is 5.32 Å². The molecule has 0 aliphatic rings. The van der Waals surface area contributed by atoms with Gasteiger partial charge in [-0.15, -0.1) is 0 Å². The normalized spacial score (nSPS) is 14.2. The Hall–Kier alpha value is -1.46. The highest BCUT2D eigenvalue weighted by Crippen LogP contribution is 2.19. The SMILES string of the molecule is CC(Cc1ccc(F)cc1Cl)NC(C)c1ncn(C)n1. The summed E-state index contributed by atoms with van der Waals surface area (Å²) in [6, 6.07) is 4.71. The molecule has 1 aromatic heterocycles. The van der Waals surface area contributed by atoms with Crippen LogP contribution in [0, 0.1) is 5.82 Å². The van der Waals surface area contributed by atoms with Gasteiger partial charge < -0.3 is 5.32 Å². The van der Waals surface area contributed by atoms with E-state index < -0.39 is 0 Å². The van der Waals surface area contributed by atoms with Crippen molar-refractivity contribution in [2.75, 3.05) is 0 Å². The van der Waals surface area contributed by atoms with Gasteiger partial charge in [0.05, 0.1) is 6.04 Å². The molecule has 0 aliphatic carbocycles. The van der Waals surface area contributed by atoms with Crippen LogP contribution in [0.4, 0.5) is 4.39 Å². The second-order valence-electron chi connectivity index (χ2n) is 5.01. The van der Waals surface area contributed by atoms with E-state index in [1.165, 1.54) is 12.1 Å². The molecule has 0 fully saturated rings. The van der Waals surface area contributed by atoms with Gasteiger partial charge in [-0.1, -0.05) is 17.7 Å². The Kier molecular flexibility index (Phi) is 4.73. The quantitative estimate of drug-likeness (QED) is 0.922. The van der Waals surface area contributed by atoms with Crippen LogP contribution in [0.25, 0.3) is 0 Å². The predicted molar refractivity (Wildman–Crippen MR) is 77.1 cm³/mol. The molecular formula is C14H18ClFN4. The summed E-state index contributed by atoms with van der Waals surface area (Å²) in [4.78, 5) is 4.22. The van der Waals surface area contributed by atoms with E-state index in [9.17, 15) is 4.39 Å². The lowest BCUT2D eigenvalue weighted by atomic mass is 10.1. The highest BCUT2D eigenvalue weighted by Gasteiger charge is 2.14. The van der Waals surface area contributed by atoms with Gasteiger partial charge >= 0.3 is 0 Å². The van der Waals surface area contributed by atoms with Crippen LogP contribution in [0.1, 0.15) is 31.3 Å². The summed E-state index contributed by atoms with van der Waals surface area (Å²) in [5.74, 6) is 0.440. The monoisotopic (exact) mass is 296 g/mol. The molecule has 4 nitrogen and oxygen atoms in total. The third-order valence-corrected chi connectivity index (χ3v) is 3.43. The first kappa shape index (κ1) is 14.9. The summed E-state index contributed by atoms with van der Waals surface area (Å²) < 4.78 is 14.7. The van der Waals surface area contributed by atoms with Crippen molar-refractivity contribution in [1.29, 1.82) is 0 Å². The lowest BCUT2D eigenvalue weighted by Crippen LogP contribution is -2.31. The number of nitrogens with zero attached hydrogens (tertiary/aromatic N) is 3. The molecule has 0 saturated heterocycles. The van der Waals surface area contributed by atoms with Crippen LogP contribution >= 0.6 is 11.6 Å². The smallest absolute Gasteiger partial charge is 0.167 e. The van der Waals surface area contributed by atoms with Crippen molar-refractivity contribution in [2.24, 2.45) is 7.05 Å². The summed E-state index contributed by atoms with van der Waals surface area (Å²) in [6.07, 6.45) is 2.39. The van der Waals surface area contributed by atoms with E-state index in [1.54, 1.807) is 17.1 Å². The van der Waals surface area contributed by atoms with Gasteiger partial charge in [0, 0.05) is 18.1 Å². The average Bonchev–Trinajstić information content (AvgIpc) is 2.79. The van der Waals surface area contributed by atoms with Crippen molar-refractivity contribution >= 4 is 11.6 Å². The Morgan fingerprint density at radius 3 is 2.75 bits per heavy atom. The Balaban J connectivity index is 1.96. The van der Waals surface area contributed by atoms with E-state index in [-0.39, 0.29) is 17.9 Å². The number of halogens is 2. The maximum absolute atomic E-state index is 13.0. The molecule has 2 aromatic rings. The third kappa shape index (κ3) is 3.77. The molecule has 1 N–H and O–H groups in total. The van der Waals surface area contributed by atoms with Crippen LogP contribution in [0.15, 0.2) is 24.5 Å². The Morgan fingerprint density at radius 2 is 2.15 bits per heavy atom. The van der Waals surface area contributed by atoms with Crippen LogP contribution in [0.2, 0.25) is 5.02 Å². The van der Waals surface area contributed by atoms with E-state index in [1.807, 2.05) is 14.0 Å². The first-order valence-electron chi connectivity index (χ1n) is 6.51. The van der Waals surface area contributed by atoms with E-state index >= 15 is 0 Å². The van der Waals surface area contributed by atoms with Crippen molar-refractivity contribution in [2.45, 2.75) is 32.4 Å². The first-order chi connectivity index (χ1) is 9.45. The Bertz CT molecular complexity index is 584. The second-order valence-corrected chi connectivity index (χ2v) is 5.41. The van der Waals surface area contributed by atoms with Crippen molar-refractivity contribution in [1.82, 2.24) is 20.1 Å². The molecule has 2 atom stereocenters. The molecule has 6 heteroatoms. The van der Waals surface area contributed by atoms with E-state index in [0.717, 1.165) is 17.8 Å². The Labute approximate surface area is 123 Å². The van der Waals surface area contributed by atoms with Gasteiger partial charge in [-0.2, -0.15) is 5.10 Å². The molecule has 0 radical (unpaired) electrons. The van der Waals surface area contributed by atoms with Crippen molar-refractivity contribution in [3.8, 4) is 0 Å². The standard InChI is InChI=1S/C14H18ClFN4/c1-9(6-11-4-5-12(16)7-13(11)15)18-10(2)14-17-8-20(3)19-14/h4-5,7-10,18H,6H2,1-3H3. The zero-order valence-corrected chi connectivity index (χ0v) is 12.5. The molecule has 2 unspecified atom stereocenters. The summed E-state index contributed by atoms with van der Waals surface area (Å²) in [6.45, 7) is 4.07. The van der Waals surface area contributed by atoms with Gasteiger partial charge in [0.1, 0.15) is 12.1 Å².